The van der Waals surface area contributed by atoms with Gasteiger partial charge in [-0.3, -0.25) is 0 Å². The summed E-state index contributed by atoms with van der Waals surface area (Å²) >= 11 is 0. The lowest BCUT2D eigenvalue weighted by atomic mass is 9.96. The van der Waals surface area contributed by atoms with Gasteiger partial charge in [-0.1, -0.05) is 25.9 Å². The summed E-state index contributed by atoms with van der Waals surface area (Å²) < 4.78 is 12.0. The number of hydrogen-bond acceptors (Lipinski definition) is 6. The highest BCUT2D eigenvalue weighted by molar-refractivity contribution is 6.74. The molecule has 0 aliphatic carbocycles. The molecule has 9 heteroatoms. The summed E-state index contributed by atoms with van der Waals surface area (Å²) in [6.07, 6.45) is -2.14. The zero-order valence-corrected chi connectivity index (χ0v) is 14.0. The normalized spacial score (nSPS) is 36.4. The van der Waals surface area contributed by atoms with Crippen molar-refractivity contribution in [2.24, 2.45) is 5.11 Å². The third kappa shape index (κ3) is 3.09. The molecule has 0 aromatic carbocycles. The van der Waals surface area contributed by atoms with Crippen LogP contribution in [-0.2, 0) is 18.9 Å². The monoisotopic (exact) mass is 317 g/mol. The number of nitrogens with zero attached hydrogens (tertiary/aromatic N) is 3. The van der Waals surface area contributed by atoms with E-state index in [0.29, 0.717) is 0 Å². The molecule has 2 fully saturated rings. The maximum absolute atomic E-state index is 9.40. The number of fused-ring (bicyclic) bond motifs is 1. The van der Waals surface area contributed by atoms with E-state index >= 15 is 0 Å². The molecule has 1 N–H and O–H groups in total. The Bertz CT molecular complexity index is 435. The molecule has 0 aromatic rings. The van der Waals surface area contributed by atoms with Gasteiger partial charge in [0, 0.05) is 4.91 Å². The molecule has 0 amide bonds. The van der Waals surface area contributed by atoms with E-state index in [0.717, 1.165) is 0 Å². The van der Waals surface area contributed by atoms with Gasteiger partial charge in [0.2, 0.25) is 0 Å². The smallest absolute Gasteiger partial charge is 0.195 e. The summed E-state index contributed by atoms with van der Waals surface area (Å²) in [5, 5.41) is 13.1. The van der Waals surface area contributed by atoms with Gasteiger partial charge in [-0.05, 0) is 23.7 Å². The van der Waals surface area contributed by atoms with E-state index in [1.807, 2.05) is 0 Å². The SMILES string of the molecule is CC(C)(C)[Si](C)(C)O[C@@H]1OC(CO)[C@H]2OOC2C1N=[N+]=[N-]. The Morgan fingerprint density at radius 1 is 1.29 bits per heavy atom. The molecule has 2 aliphatic rings. The van der Waals surface area contributed by atoms with E-state index < -0.39 is 39.0 Å². The molecule has 5 atom stereocenters. The van der Waals surface area contributed by atoms with Gasteiger partial charge in [-0.15, -0.1) is 0 Å². The number of azide groups is 1. The Hall–Kier alpha value is -0.673. The fourth-order valence-corrected chi connectivity index (χ4v) is 3.21. The molecule has 0 spiro atoms. The highest BCUT2D eigenvalue weighted by atomic mass is 28.4. The van der Waals surface area contributed by atoms with Crippen molar-refractivity contribution in [3.8, 4) is 0 Å². The third-order valence-electron chi connectivity index (χ3n) is 4.47. The zero-order chi connectivity index (χ0) is 15.8. The molecule has 21 heavy (non-hydrogen) atoms. The van der Waals surface area contributed by atoms with E-state index in [9.17, 15) is 5.11 Å². The van der Waals surface area contributed by atoms with Crippen molar-refractivity contribution in [3.63, 3.8) is 0 Å². The van der Waals surface area contributed by atoms with Crippen LogP contribution in [0.3, 0.4) is 0 Å². The second-order valence-electron chi connectivity index (χ2n) is 6.92. The van der Waals surface area contributed by atoms with Crippen LogP contribution in [0, 0.1) is 0 Å². The summed E-state index contributed by atoms with van der Waals surface area (Å²) in [4.78, 5) is 12.8. The molecule has 8 nitrogen and oxygen atoms in total. The van der Waals surface area contributed by atoms with Crippen LogP contribution < -0.4 is 0 Å². The van der Waals surface area contributed by atoms with Gasteiger partial charge in [0.15, 0.2) is 20.7 Å². The zero-order valence-electron chi connectivity index (χ0n) is 13.0. The van der Waals surface area contributed by atoms with Crippen LogP contribution in [0.2, 0.25) is 18.1 Å². The topological polar surface area (TPSA) is 106 Å². The van der Waals surface area contributed by atoms with E-state index in [2.05, 4.69) is 43.9 Å². The Morgan fingerprint density at radius 3 is 2.33 bits per heavy atom. The lowest BCUT2D eigenvalue weighted by Gasteiger charge is -2.51. The van der Waals surface area contributed by atoms with E-state index in [4.69, 9.17) is 24.5 Å². The largest absolute Gasteiger partial charge is 0.394 e. The highest BCUT2D eigenvalue weighted by Crippen LogP contribution is 2.41. The Labute approximate surface area is 125 Å². The molecule has 0 aromatic heterocycles. The third-order valence-corrected chi connectivity index (χ3v) is 8.91. The molecule has 3 unspecified atom stereocenters. The molecule has 0 radical (unpaired) electrons. The Kier molecular flexibility index (Phi) is 4.65. The number of rotatable bonds is 4. The first-order valence-electron chi connectivity index (χ1n) is 7.02. The summed E-state index contributed by atoms with van der Waals surface area (Å²) in [6.45, 7) is 10.3. The van der Waals surface area contributed by atoms with Crippen molar-refractivity contribution < 1.29 is 24.0 Å². The molecule has 2 heterocycles. The van der Waals surface area contributed by atoms with Crippen LogP contribution in [0.4, 0.5) is 0 Å². The van der Waals surface area contributed by atoms with Gasteiger partial charge in [-0.2, -0.15) is 0 Å². The Morgan fingerprint density at radius 2 is 1.90 bits per heavy atom. The summed E-state index contributed by atoms with van der Waals surface area (Å²) in [5.74, 6) is 0. The lowest BCUT2D eigenvalue weighted by molar-refractivity contribution is -0.505. The van der Waals surface area contributed by atoms with Crippen LogP contribution in [0.25, 0.3) is 10.4 Å². The van der Waals surface area contributed by atoms with Gasteiger partial charge in [-0.25, -0.2) is 9.78 Å². The van der Waals surface area contributed by atoms with Crippen molar-refractivity contribution in [1.29, 1.82) is 0 Å². The Balaban J connectivity index is 2.20. The van der Waals surface area contributed by atoms with Gasteiger partial charge in [0.05, 0.1) is 6.61 Å². The standard InChI is InChI=1S/C12H23N3O5Si/c1-12(2,3)21(4,5)20-11-8(14-15-13)10-9(18-19-10)7(6-16)17-11/h7-11,16H,6H2,1-5H3/t7?,8?,9-,10?,11+/m1/s1. The fourth-order valence-electron chi connectivity index (χ4n) is 2.09. The molecule has 120 valence electrons. The number of aliphatic hydroxyl groups is 1. The van der Waals surface area contributed by atoms with Gasteiger partial charge in [0.1, 0.15) is 18.2 Å². The second-order valence-corrected chi connectivity index (χ2v) is 11.7. The molecule has 0 saturated carbocycles. The van der Waals surface area contributed by atoms with Crippen LogP contribution in [0.5, 0.6) is 0 Å². The van der Waals surface area contributed by atoms with Gasteiger partial charge < -0.3 is 14.3 Å². The number of hydrogen-bond donors (Lipinski definition) is 1. The van der Waals surface area contributed by atoms with Crippen molar-refractivity contribution in [3.05, 3.63) is 10.4 Å². The highest BCUT2D eigenvalue weighted by Gasteiger charge is 2.56. The summed E-state index contributed by atoms with van der Waals surface area (Å²) in [6, 6.07) is -0.620. The second kappa shape index (κ2) is 5.84. The number of aliphatic hydroxyl groups excluding tert-OH is 1. The quantitative estimate of drug-likeness (QED) is 0.281. The van der Waals surface area contributed by atoms with Crippen LogP contribution >= 0.6 is 0 Å². The summed E-state index contributed by atoms with van der Waals surface area (Å²) in [5.41, 5.74) is 8.76. The lowest BCUT2D eigenvalue weighted by Crippen LogP contribution is -2.67. The van der Waals surface area contributed by atoms with Crippen molar-refractivity contribution in [1.82, 2.24) is 0 Å². The average molecular weight is 317 g/mol. The fraction of sp³-hybridized carbons (Fsp3) is 1.00. The molecule has 0 bridgehead atoms. The van der Waals surface area contributed by atoms with E-state index in [1.165, 1.54) is 0 Å². The maximum Gasteiger partial charge on any atom is 0.195 e. The minimum Gasteiger partial charge on any atom is -0.394 e. The van der Waals surface area contributed by atoms with Gasteiger partial charge in [0.25, 0.3) is 0 Å². The molecule has 2 saturated heterocycles. The van der Waals surface area contributed by atoms with Gasteiger partial charge >= 0.3 is 0 Å². The van der Waals surface area contributed by atoms with E-state index in [1.54, 1.807) is 0 Å². The van der Waals surface area contributed by atoms with Crippen molar-refractivity contribution in [2.45, 2.75) is 69.5 Å². The van der Waals surface area contributed by atoms with Crippen molar-refractivity contribution in [2.75, 3.05) is 6.61 Å². The minimum atomic E-state index is -2.12. The molecular weight excluding hydrogens is 294 g/mol. The molecule has 2 aliphatic heterocycles. The molecule has 2 rings (SSSR count). The first-order chi connectivity index (χ1) is 9.71. The van der Waals surface area contributed by atoms with Crippen LogP contribution in [-0.4, -0.2) is 50.7 Å². The van der Waals surface area contributed by atoms with Crippen LogP contribution in [0.1, 0.15) is 20.8 Å². The summed E-state index contributed by atoms with van der Waals surface area (Å²) in [7, 11) is -2.12. The minimum absolute atomic E-state index is 0.0141. The van der Waals surface area contributed by atoms with Crippen LogP contribution in [0.15, 0.2) is 5.11 Å². The first kappa shape index (κ1) is 16.7. The maximum atomic E-state index is 9.40. The number of ether oxygens (including phenoxy) is 1. The molecular formula is C12H23N3O5Si. The average Bonchev–Trinajstić information content (AvgIpc) is 2.32. The van der Waals surface area contributed by atoms with E-state index in [-0.39, 0.29) is 11.6 Å². The van der Waals surface area contributed by atoms with Crippen molar-refractivity contribution >= 4 is 8.32 Å². The first-order valence-corrected chi connectivity index (χ1v) is 9.92. The predicted molar refractivity (Wildman–Crippen MR) is 76.7 cm³/mol. The predicted octanol–water partition coefficient (Wildman–Crippen LogP) is 2.10.